The quantitative estimate of drug-likeness (QED) is 0.177. The Bertz CT molecular complexity index is 274. The van der Waals surface area contributed by atoms with E-state index < -0.39 is 28.3 Å². The minimum absolute atomic E-state index is 0.240. The van der Waals surface area contributed by atoms with Crippen molar-refractivity contribution in [2.24, 2.45) is 57.3 Å². The largest absolute Gasteiger partial charge is 0.311 e. The van der Waals surface area contributed by atoms with Gasteiger partial charge in [-0.1, -0.05) is 0 Å². The van der Waals surface area contributed by atoms with Gasteiger partial charge in [0.05, 0.1) is 0 Å². The van der Waals surface area contributed by atoms with E-state index in [2.05, 4.69) is 0 Å². The van der Waals surface area contributed by atoms with E-state index in [1.54, 1.807) is 0 Å². The highest BCUT2D eigenvalue weighted by Gasteiger charge is 2.70. The molecule has 0 radical (unpaired) electrons. The maximum Gasteiger partial charge on any atom is 0.134 e. The van der Waals surface area contributed by atoms with Gasteiger partial charge in [-0.3, -0.25) is 0 Å². The summed E-state index contributed by atoms with van der Waals surface area (Å²) in [6, 6.07) is 0. The van der Waals surface area contributed by atoms with Gasteiger partial charge in [-0.25, -0.2) is 0 Å². The average molecular weight is 234 g/mol. The minimum atomic E-state index is -2.05. The molecule has 0 amide bonds. The fraction of sp³-hybridized carbons (Fsp3) is 1.00. The summed E-state index contributed by atoms with van der Waals surface area (Å²) < 4.78 is 0. The van der Waals surface area contributed by atoms with Crippen LogP contribution in [-0.4, -0.2) is 28.3 Å². The summed E-state index contributed by atoms with van der Waals surface area (Å²) in [6.45, 7) is 0. The molecule has 1 saturated carbocycles. The molecule has 0 aromatic heterocycles. The molecule has 0 saturated heterocycles. The third kappa shape index (κ3) is 1.25. The van der Waals surface area contributed by atoms with Crippen molar-refractivity contribution < 1.29 is 0 Å². The fourth-order valence-corrected chi connectivity index (χ4v) is 1.89. The molecule has 0 aromatic rings. The van der Waals surface area contributed by atoms with Gasteiger partial charge in [0.25, 0.3) is 0 Å². The van der Waals surface area contributed by atoms with Crippen LogP contribution in [-0.2, 0) is 0 Å². The van der Waals surface area contributed by atoms with Gasteiger partial charge in [-0.2, -0.15) is 0 Å². The van der Waals surface area contributed by atoms with Crippen LogP contribution in [0, 0.1) is 0 Å². The maximum absolute atomic E-state index is 5.74. The zero-order valence-corrected chi connectivity index (χ0v) is 8.98. The first-order valence-electron chi connectivity index (χ1n) is 4.59. The first-order chi connectivity index (χ1) is 6.71. The van der Waals surface area contributed by atoms with Crippen LogP contribution in [0.2, 0.25) is 0 Å². The summed E-state index contributed by atoms with van der Waals surface area (Å²) in [5.74, 6) is 0. The third-order valence-corrected chi connectivity index (χ3v) is 3.49. The fourth-order valence-electron chi connectivity index (χ4n) is 1.89. The normalized spacial score (nSPS) is 33.4. The highest BCUT2D eigenvalue weighted by atomic mass is 15.4. The Kier molecular flexibility index (Phi) is 2.46. The van der Waals surface area contributed by atoms with Crippen LogP contribution in [0.5, 0.6) is 0 Å². The van der Waals surface area contributed by atoms with Crippen molar-refractivity contribution >= 4 is 0 Å². The number of rotatable bonds is 0. The SMILES string of the molecule is NC1(N)CC(N)(N)C(N)(N)C(N)(N)C1(N)N. The van der Waals surface area contributed by atoms with E-state index in [0.29, 0.717) is 0 Å². The second-order valence-electron chi connectivity index (χ2n) is 4.86. The summed E-state index contributed by atoms with van der Waals surface area (Å²) in [6.07, 6.45) is -0.240. The highest BCUT2D eigenvalue weighted by molar-refractivity contribution is 5.30. The molecule has 0 unspecified atom stereocenters. The number of hydrogen-bond acceptors (Lipinski definition) is 10. The molecule has 1 rings (SSSR count). The van der Waals surface area contributed by atoms with Crippen LogP contribution in [0.25, 0.3) is 0 Å². The first kappa shape index (κ1) is 13.7. The molecule has 0 atom stereocenters. The Morgan fingerprint density at radius 1 is 0.438 bits per heavy atom. The van der Waals surface area contributed by atoms with Crippen LogP contribution in [0.1, 0.15) is 6.42 Å². The predicted molar refractivity (Wildman–Crippen MR) is 60.1 cm³/mol. The van der Waals surface area contributed by atoms with Crippen LogP contribution in [0.15, 0.2) is 0 Å². The zero-order valence-electron chi connectivity index (χ0n) is 8.98. The smallest absolute Gasteiger partial charge is 0.134 e. The molecule has 0 spiro atoms. The maximum atomic E-state index is 5.74. The van der Waals surface area contributed by atoms with Crippen LogP contribution < -0.4 is 57.3 Å². The van der Waals surface area contributed by atoms with Crippen molar-refractivity contribution in [1.82, 2.24) is 0 Å². The average Bonchev–Trinajstić information content (AvgIpc) is 1.98. The van der Waals surface area contributed by atoms with Crippen molar-refractivity contribution in [2.75, 3.05) is 0 Å². The Morgan fingerprint density at radius 3 is 0.938 bits per heavy atom. The summed E-state index contributed by atoms with van der Waals surface area (Å²) in [5, 5.41) is 0. The molecular formula is C6H22N10. The van der Waals surface area contributed by atoms with Gasteiger partial charge in [-0.15, -0.1) is 0 Å². The topological polar surface area (TPSA) is 260 Å². The van der Waals surface area contributed by atoms with Crippen LogP contribution >= 0.6 is 0 Å². The van der Waals surface area contributed by atoms with Gasteiger partial charge in [0.1, 0.15) is 28.3 Å². The van der Waals surface area contributed by atoms with E-state index in [9.17, 15) is 0 Å². The van der Waals surface area contributed by atoms with Crippen molar-refractivity contribution in [3.8, 4) is 0 Å². The molecule has 1 aliphatic rings. The van der Waals surface area contributed by atoms with Gasteiger partial charge in [0, 0.05) is 6.42 Å². The standard InChI is InChI=1S/C6H22N10/c7-2(8)1-3(9,10)5(13,14)6(15,16)4(2,11)12/h1,7-16H2. The number of hydrogen-bond donors (Lipinski definition) is 10. The van der Waals surface area contributed by atoms with Gasteiger partial charge in [0.15, 0.2) is 0 Å². The van der Waals surface area contributed by atoms with Gasteiger partial charge < -0.3 is 57.3 Å². The third-order valence-electron chi connectivity index (χ3n) is 3.49. The Labute approximate surface area is 93.0 Å². The molecule has 10 heteroatoms. The zero-order chi connectivity index (χ0) is 13.2. The molecule has 16 heavy (non-hydrogen) atoms. The molecule has 96 valence electrons. The lowest BCUT2D eigenvalue weighted by Crippen LogP contribution is -3.06. The molecule has 1 aliphatic carbocycles. The summed E-state index contributed by atoms with van der Waals surface area (Å²) in [7, 11) is 0. The summed E-state index contributed by atoms with van der Waals surface area (Å²) in [4.78, 5) is 0. The molecule has 0 heterocycles. The van der Waals surface area contributed by atoms with E-state index in [0.717, 1.165) is 0 Å². The molecule has 1 fully saturated rings. The van der Waals surface area contributed by atoms with E-state index in [-0.39, 0.29) is 6.42 Å². The molecule has 0 aliphatic heterocycles. The Hall–Kier alpha value is -0.400. The Balaban J connectivity index is 3.43. The predicted octanol–water partition coefficient (Wildman–Crippen LogP) is -6.54. The van der Waals surface area contributed by atoms with Crippen molar-refractivity contribution in [3.63, 3.8) is 0 Å². The first-order valence-corrected chi connectivity index (χ1v) is 4.59. The molecular weight excluding hydrogens is 212 g/mol. The van der Waals surface area contributed by atoms with Crippen LogP contribution in [0.4, 0.5) is 0 Å². The van der Waals surface area contributed by atoms with Crippen molar-refractivity contribution in [2.45, 2.75) is 34.7 Å². The van der Waals surface area contributed by atoms with E-state index >= 15 is 0 Å². The van der Waals surface area contributed by atoms with Gasteiger partial charge >= 0.3 is 0 Å². The molecule has 10 nitrogen and oxygen atoms in total. The molecule has 20 N–H and O–H groups in total. The Morgan fingerprint density at radius 2 is 0.688 bits per heavy atom. The van der Waals surface area contributed by atoms with E-state index in [1.165, 1.54) is 0 Å². The highest BCUT2D eigenvalue weighted by Crippen LogP contribution is 2.36. The van der Waals surface area contributed by atoms with Crippen molar-refractivity contribution in [1.29, 1.82) is 0 Å². The van der Waals surface area contributed by atoms with E-state index in [4.69, 9.17) is 57.3 Å². The summed E-state index contributed by atoms with van der Waals surface area (Å²) >= 11 is 0. The van der Waals surface area contributed by atoms with Gasteiger partial charge in [0.2, 0.25) is 0 Å². The second-order valence-corrected chi connectivity index (χ2v) is 4.86. The monoisotopic (exact) mass is 234 g/mol. The molecule has 0 aromatic carbocycles. The van der Waals surface area contributed by atoms with Gasteiger partial charge in [-0.05, 0) is 0 Å². The number of nitrogens with two attached hydrogens (primary N) is 10. The summed E-state index contributed by atoms with van der Waals surface area (Å²) in [5.41, 5.74) is 48.0. The lowest BCUT2D eigenvalue weighted by molar-refractivity contribution is -0.0515. The second kappa shape index (κ2) is 2.88. The lowest BCUT2D eigenvalue weighted by Gasteiger charge is -2.64. The minimum Gasteiger partial charge on any atom is -0.311 e. The van der Waals surface area contributed by atoms with Crippen LogP contribution in [0.3, 0.4) is 0 Å². The van der Waals surface area contributed by atoms with Crippen molar-refractivity contribution in [3.05, 3.63) is 0 Å². The van der Waals surface area contributed by atoms with E-state index in [1.807, 2.05) is 0 Å². The lowest BCUT2D eigenvalue weighted by atomic mass is 9.62. The molecule has 0 bridgehead atoms.